The van der Waals surface area contributed by atoms with E-state index < -0.39 is 0 Å². The number of halogens is 1. The molecule has 0 aromatic heterocycles. The van der Waals surface area contributed by atoms with E-state index in [0.29, 0.717) is 17.9 Å². The fourth-order valence-corrected chi connectivity index (χ4v) is 1.94. The Morgan fingerprint density at radius 3 is 2.62 bits per heavy atom. The molecule has 0 heterocycles. The van der Waals surface area contributed by atoms with Crippen molar-refractivity contribution in [2.24, 2.45) is 0 Å². The van der Waals surface area contributed by atoms with Crippen molar-refractivity contribution < 1.29 is 13.9 Å². The molecule has 1 unspecified atom stereocenters. The third kappa shape index (κ3) is 6.02. The molecule has 0 bridgehead atoms. The molecule has 0 aliphatic carbocycles. The lowest BCUT2D eigenvalue weighted by Crippen LogP contribution is -2.25. The number of nitrogens with one attached hydrogen (secondary N) is 1. The molecule has 0 radical (unpaired) electrons. The van der Waals surface area contributed by atoms with E-state index in [2.05, 4.69) is 12.2 Å². The molecule has 1 aromatic carbocycles. The molecule has 0 fully saturated rings. The van der Waals surface area contributed by atoms with Gasteiger partial charge >= 0.3 is 0 Å². The van der Waals surface area contributed by atoms with E-state index in [-0.39, 0.29) is 17.5 Å². The molecule has 1 N–H and O–H groups in total. The first-order valence-corrected chi connectivity index (χ1v) is 7.60. The standard InChI is InChI=1S/C17H28FNO2/c1-6-10-19-13(2)15-8-7-14(12-16(15)18)21-11-9-17(3,4)20-5/h7-8,12-13,19H,6,9-11H2,1-5H3. The highest BCUT2D eigenvalue weighted by Gasteiger charge is 2.16. The molecule has 0 aliphatic heterocycles. The zero-order valence-corrected chi connectivity index (χ0v) is 13.8. The van der Waals surface area contributed by atoms with Crippen LogP contribution in [0.5, 0.6) is 5.75 Å². The predicted molar refractivity (Wildman–Crippen MR) is 84.3 cm³/mol. The minimum Gasteiger partial charge on any atom is -0.493 e. The third-order valence-electron chi connectivity index (χ3n) is 3.66. The Balaban J connectivity index is 2.57. The zero-order chi connectivity index (χ0) is 15.9. The molecule has 120 valence electrons. The van der Waals surface area contributed by atoms with Gasteiger partial charge < -0.3 is 14.8 Å². The maximum Gasteiger partial charge on any atom is 0.131 e. The summed E-state index contributed by atoms with van der Waals surface area (Å²) in [5.41, 5.74) is 0.449. The molecule has 1 rings (SSSR count). The van der Waals surface area contributed by atoms with Crippen molar-refractivity contribution in [1.82, 2.24) is 5.32 Å². The lowest BCUT2D eigenvalue weighted by molar-refractivity contribution is 0.00543. The Labute approximate surface area is 127 Å². The largest absolute Gasteiger partial charge is 0.493 e. The molecular weight excluding hydrogens is 269 g/mol. The normalized spacial score (nSPS) is 13.2. The molecule has 1 atom stereocenters. The maximum atomic E-state index is 14.1. The van der Waals surface area contributed by atoms with Gasteiger partial charge in [-0.25, -0.2) is 4.39 Å². The fraction of sp³-hybridized carbons (Fsp3) is 0.647. The second kappa shape index (κ2) is 8.35. The number of benzene rings is 1. The van der Waals surface area contributed by atoms with E-state index in [1.165, 1.54) is 6.07 Å². The van der Waals surface area contributed by atoms with Crippen LogP contribution in [-0.2, 0) is 4.74 Å². The summed E-state index contributed by atoms with van der Waals surface area (Å²) in [7, 11) is 1.68. The zero-order valence-electron chi connectivity index (χ0n) is 13.8. The Kier molecular flexibility index (Phi) is 7.12. The molecule has 0 amide bonds. The van der Waals surface area contributed by atoms with Crippen LogP contribution in [0, 0.1) is 5.82 Å². The molecule has 0 saturated heterocycles. The summed E-state index contributed by atoms with van der Waals surface area (Å²) < 4.78 is 25.0. The van der Waals surface area contributed by atoms with Gasteiger partial charge in [-0.1, -0.05) is 13.0 Å². The van der Waals surface area contributed by atoms with Crippen molar-refractivity contribution in [2.75, 3.05) is 20.3 Å². The van der Waals surface area contributed by atoms with E-state index >= 15 is 0 Å². The monoisotopic (exact) mass is 297 g/mol. The van der Waals surface area contributed by atoms with Gasteiger partial charge in [0.25, 0.3) is 0 Å². The van der Waals surface area contributed by atoms with Crippen LogP contribution in [0.25, 0.3) is 0 Å². The molecule has 21 heavy (non-hydrogen) atoms. The second-order valence-corrected chi connectivity index (χ2v) is 5.92. The average molecular weight is 297 g/mol. The number of rotatable bonds is 9. The summed E-state index contributed by atoms with van der Waals surface area (Å²) in [5, 5.41) is 3.28. The Morgan fingerprint density at radius 1 is 1.33 bits per heavy atom. The van der Waals surface area contributed by atoms with Crippen molar-refractivity contribution in [3.63, 3.8) is 0 Å². The van der Waals surface area contributed by atoms with Crippen molar-refractivity contribution in [3.05, 3.63) is 29.6 Å². The fourth-order valence-electron chi connectivity index (χ4n) is 1.94. The summed E-state index contributed by atoms with van der Waals surface area (Å²) in [6, 6.07) is 5.08. The van der Waals surface area contributed by atoms with Gasteiger partial charge in [0.15, 0.2) is 0 Å². The van der Waals surface area contributed by atoms with E-state index in [0.717, 1.165) is 19.4 Å². The van der Waals surface area contributed by atoms with Gasteiger partial charge in [0, 0.05) is 31.2 Å². The van der Waals surface area contributed by atoms with Crippen molar-refractivity contribution in [3.8, 4) is 5.75 Å². The summed E-state index contributed by atoms with van der Waals surface area (Å²) >= 11 is 0. The first-order chi connectivity index (χ1) is 9.89. The van der Waals surface area contributed by atoms with Gasteiger partial charge in [-0.15, -0.1) is 0 Å². The Morgan fingerprint density at radius 2 is 2.05 bits per heavy atom. The van der Waals surface area contributed by atoms with Crippen LogP contribution in [0.2, 0.25) is 0 Å². The van der Waals surface area contributed by atoms with Gasteiger partial charge in [-0.3, -0.25) is 0 Å². The van der Waals surface area contributed by atoms with E-state index in [4.69, 9.17) is 9.47 Å². The molecule has 0 aliphatic rings. The molecule has 1 aromatic rings. The molecule has 0 spiro atoms. The number of hydrogen-bond donors (Lipinski definition) is 1. The van der Waals surface area contributed by atoms with Crippen molar-refractivity contribution >= 4 is 0 Å². The van der Waals surface area contributed by atoms with Gasteiger partial charge in [0.2, 0.25) is 0 Å². The molecule has 3 nitrogen and oxygen atoms in total. The highest BCUT2D eigenvalue weighted by Crippen LogP contribution is 2.22. The first-order valence-electron chi connectivity index (χ1n) is 7.60. The lowest BCUT2D eigenvalue weighted by atomic mass is 10.1. The van der Waals surface area contributed by atoms with Crippen LogP contribution < -0.4 is 10.1 Å². The smallest absolute Gasteiger partial charge is 0.131 e. The van der Waals surface area contributed by atoms with Crippen molar-refractivity contribution in [1.29, 1.82) is 0 Å². The quantitative estimate of drug-likeness (QED) is 0.745. The second-order valence-electron chi connectivity index (χ2n) is 5.92. The third-order valence-corrected chi connectivity index (χ3v) is 3.66. The lowest BCUT2D eigenvalue weighted by Gasteiger charge is -2.22. The van der Waals surface area contributed by atoms with Gasteiger partial charge in [0.05, 0.1) is 12.2 Å². The van der Waals surface area contributed by atoms with E-state index in [9.17, 15) is 4.39 Å². The predicted octanol–water partition coefficient (Wildman–Crippen LogP) is 4.08. The number of methoxy groups -OCH3 is 1. The van der Waals surface area contributed by atoms with Gasteiger partial charge in [0.1, 0.15) is 11.6 Å². The first kappa shape index (κ1) is 17.9. The molecular formula is C17H28FNO2. The summed E-state index contributed by atoms with van der Waals surface area (Å²) in [5.74, 6) is 0.334. The van der Waals surface area contributed by atoms with Crippen LogP contribution >= 0.6 is 0 Å². The highest BCUT2D eigenvalue weighted by atomic mass is 19.1. The van der Waals surface area contributed by atoms with Gasteiger partial charge in [-0.05, 0) is 39.8 Å². The van der Waals surface area contributed by atoms with Crippen molar-refractivity contribution in [2.45, 2.75) is 52.2 Å². The minimum absolute atomic E-state index is 0.00595. The number of ether oxygens (including phenoxy) is 2. The molecule has 4 heteroatoms. The summed E-state index contributed by atoms with van der Waals surface area (Å²) in [4.78, 5) is 0. The van der Waals surface area contributed by atoms with Gasteiger partial charge in [-0.2, -0.15) is 0 Å². The van der Waals surface area contributed by atoms with E-state index in [1.54, 1.807) is 13.2 Å². The Bertz CT molecular complexity index is 435. The Hall–Kier alpha value is -1.13. The van der Waals surface area contributed by atoms with Crippen LogP contribution in [0.3, 0.4) is 0 Å². The van der Waals surface area contributed by atoms with E-state index in [1.807, 2.05) is 26.8 Å². The number of hydrogen-bond acceptors (Lipinski definition) is 3. The highest BCUT2D eigenvalue weighted by molar-refractivity contribution is 5.30. The SMILES string of the molecule is CCCNC(C)c1ccc(OCCC(C)(C)OC)cc1F. The maximum absolute atomic E-state index is 14.1. The van der Waals surface area contributed by atoms with Crippen LogP contribution in [-0.4, -0.2) is 25.9 Å². The molecule has 0 saturated carbocycles. The van der Waals surface area contributed by atoms with Crippen LogP contribution in [0.4, 0.5) is 4.39 Å². The van der Waals surface area contributed by atoms with Crippen LogP contribution in [0.1, 0.15) is 52.1 Å². The van der Waals surface area contributed by atoms with Crippen LogP contribution in [0.15, 0.2) is 18.2 Å². The summed E-state index contributed by atoms with van der Waals surface area (Å²) in [6.07, 6.45) is 1.78. The summed E-state index contributed by atoms with van der Waals surface area (Å²) in [6.45, 7) is 9.45. The minimum atomic E-state index is -0.227. The topological polar surface area (TPSA) is 30.5 Å². The average Bonchev–Trinajstić information content (AvgIpc) is 2.44.